The molecule has 94 valence electrons. The summed E-state index contributed by atoms with van der Waals surface area (Å²) < 4.78 is 0. The molecule has 2 rings (SSSR count). The van der Waals surface area contributed by atoms with Crippen molar-refractivity contribution in [1.82, 2.24) is 9.80 Å². The van der Waals surface area contributed by atoms with Crippen LogP contribution < -0.4 is 0 Å². The van der Waals surface area contributed by atoms with Crippen molar-refractivity contribution in [1.29, 1.82) is 0 Å². The van der Waals surface area contributed by atoms with Gasteiger partial charge in [-0.2, -0.15) is 0 Å². The van der Waals surface area contributed by atoms with Gasteiger partial charge in [-0.15, -0.1) is 0 Å². The van der Waals surface area contributed by atoms with Gasteiger partial charge in [0.25, 0.3) is 0 Å². The maximum atomic E-state index is 9.42. The van der Waals surface area contributed by atoms with E-state index in [1.54, 1.807) is 0 Å². The van der Waals surface area contributed by atoms with Gasteiger partial charge in [-0.1, -0.05) is 12.8 Å². The lowest BCUT2D eigenvalue weighted by molar-refractivity contribution is -0.0448. The smallest absolute Gasteiger partial charge is 0.0599 e. The molecular formula is C13H26N2O. The van der Waals surface area contributed by atoms with Crippen molar-refractivity contribution in [3.05, 3.63) is 0 Å². The molecule has 0 spiro atoms. The molecule has 2 fully saturated rings. The highest BCUT2D eigenvalue weighted by Crippen LogP contribution is 2.32. The summed E-state index contributed by atoms with van der Waals surface area (Å²) >= 11 is 0. The SMILES string of the molecule is CN1CC(C)(C)N(C2CCCC2)CC1CO. The van der Waals surface area contributed by atoms with Crippen LogP contribution >= 0.6 is 0 Å². The summed E-state index contributed by atoms with van der Waals surface area (Å²) in [4.78, 5) is 4.96. The van der Waals surface area contributed by atoms with E-state index in [4.69, 9.17) is 0 Å². The number of hydrogen-bond donors (Lipinski definition) is 1. The third-order valence-corrected chi connectivity index (χ3v) is 4.42. The minimum absolute atomic E-state index is 0.259. The van der Waals surface area contributed by atoms with Gasteiger partial charge in [0.2, 0.25) is 0 Å². The van der Waals surface area contributed by atoms with Crippen molar-refractivity contribution in [3.8, 4) is 0 Å². The third-order valence-electron chi connectivity index (χ3n) is 4.42. The molecular weight excluding hydrogens is 200 g/mol. The molecule has 0 aromatic rings. The molecule has 0 aromatic heterocycles. The van der Waals surface area contributed by atoms with Gasteiger partial charge in [0.15, 0.2) is 0 Å². The number of aliphatic hydroxyl groups is 1. The maximum Gasteiger partial charge on any atom is 0.0599 e. The highest BCUT2D eigenvalue weighted by Gasteiger charge is 2.40. The molecule has 1 N–H and O–H groups in total. The Kier molecular flexibility index (Phi) is 3.57. The monoisotopic (exact) mass is 226 g/mol. The van der Waals surface area contributed by atoms with Gasteiger partial charge in [0.05, 0.1) is 6.61 Å². The summed E-state index contributed by atoms with van der Waals surface area (Å²) in [5.41, 5.74) is 0.259. The molecule has 0 amide bonds. The van der Waals surface area contributed by atoms with Crippen LogP contribution in [0.15, 0.2) is 0 Å². The fourth-order valence-corrected chi connectivity index (χ4v) is 3.50. The van der Waals surface area contributed by atoms with E-state index in [1.165, 1.54) is 25.7 Å². The molecule has 1 saturated carbocycles. The lowest BCUT2D eigenvalue weighted by Crippen LogP contribution is -2.65. The Morgan fingerprint density at radius 2 is 1.88 bits per heavy atom. The van der Waals surface area contributed by atoms with E-state index in [9.17, 15) is 5.11 Å². The second-order valence-corrected chi connectivity index (χ2v) is 6.15. The molecule has 1 heterocycles. The number of likely N-dealkylation sites (N-methyl/N-ethyl adjacent to an activating group) is 1. The molecule has 0 aromatic carbocycles. The van der Waals surface area contributed by atoms with Crippen LogP contribution in [0, 0.1) is 0 Å². The minimum Gasteiger partial charge on any atom is -0.395 e. The highest BCUT2D eigenvalue weighted by atomic mass is 16.3. The second-order valence-electron chi connectivity index (χ2n) is 6.15. The van der Waals surface area contributed by atoms with Crippen molar-refractivity contribution in [2.45, 2.75) is 57.2 Å². The van der Waals surface area contributed by atoms with Crippen molar-refractivity contribution >= 4 is 0 Å². The summed E-state index contributed by atoms with van der Waals surface area (Å²) in [6.07, 6.45) is 5.48. The van der Waals surface area contributed by atoms with Gasteiger partial charge in [-0.3, -0.25) is 9.80 Å². The predicted molar refractivity (Wildman–Crippen MR) is 66.5 cm³/mol. The Balaban J connectivity index is 2.08. The van der Waals surface area contributed by atoms with Crippen LogP contribution in [-0.2, 0) is 0 Å². The van der Waals surface area contributed by atoms with Crippen molar-refractivity contribution in [2.75, 3.05) is 26.7 Å². The Morgan fingerprint density at radius 3 is 2.44 bits per heavy atom. The van der Waals surface area contributed by atoms with Crippen molar-refractivity contribution in [2.24, 2.45) is 0 Å². The molecule has 1 unspecified atom stereocenters. The molecule has 1 aliphatic carbocycles. The standard InChI is InChI=1S/C13H26N2O/c1-13(2)10-14(3)12(9-16)8-15(13)11-6-4-5-7-11/h11-12,16H,4-10H2,1-3H3. The lowest BCUT2D eigenvalue weighted by atomic mass is 9.93. The molecule has 1 atom stereocenters. The van der Waals surface area contributed by atoms with Crippen LogP contribution in [0.2, 0.25) is 0 Å². The average molecular weight is 226 g/mol. The minimum atomic E-state index is 0.259. The van der Waals surface area contributed by atoms with E-state index in [-0.39, 0.29) is 12.1 Å². The van der Waals surface area contributed by atoms with E-state index < -0.39 is 0 Å². The van der Waals surface area contributed by atoms with E-state index in [0.717, 1.165) is 19.1 Å². The Labute approximate surface area is 99.4 Å². The first-order chi connectivity index (χ1) is 7.54. The summed E-state index contributed by atoms with van der Waals surface area (Å²) in [5, 5.41) is 9.42. The summed E-state index contributed by atoms with van der Waals surface area (Å²) in [6, 6.07) is 1.09. The zero-order valence-corrected chi connectivity index (χ0v) is 10.9. The first-order valence-corrected chi connectivity index (χ1v) is 6.62. The Hall–Kier alpha value is -0.120. The third kappa shape index (κ3) is 2.27. The Bertz CT molecular complexity index is 236. The first kappa shape index (κ1) is 12.3. The average Bonchev–Trinajstić information content (AvgIpc) is 2.69. The second kappa shape index (κ2) is 4.63. The zero-order valence-electron chi connectivity index (χ0n) is 10.9. The number of hydrogen-bond acceptors (Lipinski definition) is 3. The molecule has 16 heavy (non-hydrogen) atoms. The van der Waals surface area contributed by atoms with Gasteiger partial charge in [0.1, 0.15) is 0 Å². The number of nitrogens with zero attached hydrogens (tertiary/aromatic N) is 2. The van der Waals surface area contributed by atoms with Crippen LogP contribution in [0.4, 0.5) is 0 Å². The van der Waals surface area contributed by atoms with E-state index in [2.05, 4.69) is 30.7 Å². The fourth-order valence-electron chi connectivity index (χ4n) is 3.50. The molecule has 1 saturated heterocycles. The summed E-state index contributed by atoms with van der Waals surface area (Å²) in [6.45, 7) is 7.07. The van der Waals surface area contributed by atoms with Crippen molar-refractivity contribution < 1.29 is 5.11 Å². The van der Waals surface area contributed by atoms with E-state index in [0.29, 0.717) is 6.04 Å². The summed E-state index contributed by atoms with van der Waals surface area (Å²) in [5.74, 6) is 0. The van der Waals surface area contributed by atoms with Gasteiger partial charge in [-0.05, 0) is 33.7 Å². The molecule has 1 aliphatic heterocycles. The number of rotatable bonds is 2. The highest BCUT2D eigenvalue weighted by molar-refractivity contribution is 4.97. The summed E-state index contributed by atoms with van der Waals surface area (Å²) in [7, 11) is 2.13. The van der Waals surface area contributed by atoms with Gasteiger partial charge in [-0.25, -0.2) is 0 Å². The van der Waals surface area contributed by atoms with Crippen LogP contribution in [-0.4, -0.2) is 59.3 Å². The van der Waals surface area contributed by atoms with Gasteiger partial charge < -0.3 is 5.11 Å². The molecule has 3 heteroatoms. The molecule has 3 nitrogen and oxygen atoms in total. The van der Waals surface area contributed by atoms with Crippen LogP contribution in [0.1, 0.15) is 39.5 Å². The van der Waals surface area contributed by atoms with Crippen LogP contribution in [0.3, 0.4) is 0 Å². The Morgan fingerprint density at radius 1 is 1.25 bits per heavy atom. The molecule has 0 radical (unpaired) electrons. The van der Waals surface area contributed by atoms with Gasteiger partial charge in [0, 0.05) is 30.7 Å². The topological polar surface area (TPSA) is 26.7 Å². The van der Waals surface area contributed by atoms with E-state index >= 15 is 0 Å². The van der Waals surface area contributed by atoms with Gasteiger partial charge >= 0.3 is 0 Å². The normalized spacial score (nSPS) is 33.4. The lowest BCUT2D eigenvalue weighted by Gasteiger charge is -2.52. The molecule has 2 aliphatic rings. The van der Waals surface area contributed by atoms with Crippen LogP contribution in [0.5, 0.6) is 0 Å². The number of aliphatic hydroxyl groups excluding tert-OH is 1. The van der Waals surface area contributed by atoms with Crippen molar-refractivity contribution in [3.63, 3.8) is 0 Å². The van der Waals surface area contributed by atoms with E-state index in [1.807, 2.05) is 0 Å². The largest absolute Gasteiger partial charge is 0.395 e. The zero-order chi connectivity index (χ0) is 11.8. The predicted octanol–water partition coefficient (Wildman–Crippen LogP) is 1.32. The quantitative estimate of drug-likeness (QED) is 0.769. The van der Waals surface area contributed by atoms with Crippen LogP contribution in [0.25, 0.3) is 0 Å². The first-order valence-electron chi connectivity index (χ1n) is 6.62. The fraction of sp³-hybridized carbons (Fsp3) is 1.00. The number of piperazine rings is 1. The molecule has 0 bridgehead atoms. The maximum absolute atomic E-state index is 9.42.